The maximum absolute atomic E-state index is 10.6. The normalized spacial score (nSPS) is 11.7. The molecule has 0 bridgehead atoms. The van der Waals surface area contributed by atoms with Crippen LogP contribution in [0.25, 0.3) is 22.3 Å². The van der Waals surface area contributed by atoms with Crippen LogP contribution >= 0.6 is 0 Å². The van der Waals surface area contributed by atoms with E-state index in [0.717, 1.165) is 27.9 Å². The number of halogens is 3. The second kappa shape index (κ2) is 9.62. The minimum absolute atomic E-state index is 0.249. The predicted octanol–water partition coefficient (Wildman–Crippen LogP) is 3.83. The molecule has 0 fully saturated rings. The number of carboxylic acid groups (broad SMARTS) is 1. The number of benzene rings is 1. The lowest BCUT2D eigenvalue weighted by atomic mass is 10.0. The summed E-state index contributed by atoms with van der Waals surface area (Å²) < 4.78 is 33.5. The summed E-state index contributed by atoms with van der Waals surface area (Å²) >= 11 is 0. The van der Waals surface area contributed by atoms with Crippen LogP contribution in [-0.4, -0.2) is 42.0 Å². The number of aliphatic carboxylic acids is 1. The number of aromatic nitrogens is 5. The van der Waals surface area contributed by atoms with Crippen LogP contribution in [0, 0.1) is 22.7 Å². The molecule has 9 nitrogen and oxygen atoms in total. The number of rotatable bonds is 4. The summed E-state index contributed by atoms with van der Waals surface area (Å²) in [5.41, 5.74) is 3.82. The van der Waals surface area contributed by atoms with Crippen LogP contribution in [0.5, 0.6) is 0 Å². The standard InChI is InChI=1S/C19H13N7.C2HF3O2/c20-6-4-17(14-3-1-2-13(8-14)9-21)26-11-15(10-25-26)18-16-5-7-22-19(16)24-12-23-18;3-2(4,5)1(6)7/h1-3,5,7-8,10-12,17H,4H2,(H,22,23,24);(H,6,7). The Kier molecular flexibility index (Phi) is 6.69. The predicted molar refractivity (Wildman–Crippen MR) is 108 cm³/mol. The van der Waals surface area contributed by atoms with Gasteiger partial charge in [-0.3, -0.25) is 4.68 Å². The van der Waals surface area contributed by atoms with Crippen molar-refractivity contribution in [2.75, 3.05) is 0 Å². The molecule has 1 unspecified atom stereocenters. The molecule has 4 aromatic rings. The van der Waals surface area contributed by atoms with Gasteiger partial charge in [0.15, 0.2) is 0 Å². The number of carboxylic acids is 1. The van der Waals surface area contributed by atoms with Gasteiger partial charge in [-0.1, -0.05) is 12.1 Å². The van der Waals surface area contributed by atoms with Crippen LogP contribution in [0.15, 0.2) is 55.2 Å². The average Bonchev–Trinajstić information content (AvgIpc) is 3.47. The lowest BCUT2D eigenvalue weighted by Gasteiger charge is -2.15. The molecule has 3 aromatic heterocycles. The van der Waals surface area contributed by atoms with E-state index < -0.39 is 12.1 Å². The molecule has 2 N–H and O–H groups in total. The highest BCUT2D eigenvalue weighted by Gasteiger charge is 2.38. The van der Waals surface area contributed by atoms with E-state index in [1.54, 1.807) is 23.0 Å². The van der Waals surface area contributed by atoms with Crippen molar-refractivity contribution in [3.05, 3.63) is 66.4 Å². The Labute approximate surface area is 184 Å². The Morgan fingerprint density at radius 3 is 2.67 bits per heavy atom. The van der Waals surface area contributed by atoms with E-state index in [2.05, 4.69) is 32.2 Å². The van der Waals surface area contributed by atoms with E-state index in [9.17, 15) is 18.4 Å². The highest BCUT2D eigenvalue weighted by molar-refractivity contribution is 5.90. The fourth-order valence-electron chi connectivity index (χ4n) is 3.00. The van der Waals surface area contributed by atoms with Gasteiger partial charge in [0.2, 0.25) is 0 Å². The SMILES string of the molecule is N#CCC(c1cccc(C#N)c1)n1cc(-c2ncnc3[nH]ccc23)cn1.O=C(O)C(F)(F)F. The van der Waals surface area contributed by atoms with E-state index in [4.69, 9.17) is 15.2 Å². The monoisotopic (exact) mass is 453 g/mol. The van der Waals surface area contributed by atoms with E-state index in [0.29, 0.717) is 5.56 Å². The number of alkyl halides is 3. The zero-order valence-corrected chi connectivity index (χ0v) is 16.7. The maximum Gasteiger partial charge on any atom is 0.490 e. The van der Waals surface area contributed by atoms with Gasteiger partial charge in [0, 0.05) is 23.3 Å². The summed E-state index contributed by atoms with van der Waals surface area (Å²) in [4.78, 5) is 20.5. The molecule has 4 rings (SSSR count). The molecular weight excluding hydrogens is 439 g/mol. The lowest BCUT2D eigenvalue weighted by Crippen LogP contribution is -2.21. The number of nitrogens with zero attached hydrogens (tertiary/aromatic N) is 6. The second-order valence-corrected chi connectivity index (χ2v) is 6.59. The molecule has 1 aromatic carbocycles. The Bertz CT molecular complexity index is 1360. The van der Waals surface area contributed by atoms with Crippen molar-refractivity contribution in [1.29, 1.82) is 10.5 Å². The number of H-pyrrole nitrogens is 1. The Morgan fingerprint density at radius 2 is 2.00 bits per heavy atom. The van der Waals surface area contributed by atoms with Crippen molar-refractivity contribution in [3.8, 4) is 23.4 Å². The Hall–Kier alpha value is -4.71. The molecule has 0 aliphatic heterocycles. The van der Waals surface area contributed by atoms with Gasteiger partial charge in [0.1, 0.15) is 12.0 Å². The number of fused-ring (bicyclic) bond motifs is 1. The number of nitrogens with one attached hydrogen (secondary N) is 1. The Balaban J connectivity index is 0.000000383. The van der Waals surface area contributed by atoms with Crippen molar-refractivity contribution in [2.24, 2.45) is 0 Å². The van der Waals surface area contributed by atoms with Gasteiger partial charge in [-0.2, -0.15) is 28.8 Å². The zero-order chi connectivity index (χ0) is 24.0. The molecule has 12 heteroatoms. The fourth-order valence-corrected chi connectivity index (χ4v) is 3.00. The van der Waals surface area contributed by atoms with Gasteiger partial charge in [-0.25, -0.2) is 14.8 Å². The second-order valence-electron chi connectivity index (χ2n) is 6.59. The maximum atomic E-state index is 10.6. The van der Waals surface area contributed by atoms with Crippen LogP contribution in [-0.2, 0) is 4.79 Å². The van der Waals surface area contributed by atoms with Gasteiger partial charge in [0.25, 0.3) is 0 Å². The first-order valence-corrected chi connectivity index (χ1v) is 9.24. The van der Waals surface area contributed by atoms with Crippen molar-refractivity contribution in [1.82, 2.24) is 24.7 Å². The number of hydrogen-bond acceptors (Lipinski definition) is 6. The van der Waals surface area contributed by atoms with E-state index in [-0.39, 0.29) is 12.5 Å². The summed E-state index contributed by atoms with van der Waals surface area (Å²) in [7, 11) is 0. The zero-order valence-electron chi connectivity index (χ0n) is 16.7. The molecule has 0 amide bonds. The minimum Gasteiger partial charge on any atom is -0.475 e. The summed E-state index contributed by atoms with van der Waals surface area (Å²) in [5.74, 6) is -2.76. The largest absolute Gasteiger partial charge is 0.490 e. The Morgan fingerprint density at radius 1 is 1.24 bits per heavy atom. The highest BCUT2D eigenvalue weighted by atomic mass is 19.4. The van der Waals surface area contributed by atoms with E-state index in [1.165, 1.54) is 6.33 Å². The van der Waals surface area contributed by atoms with Crippen LogP contribution in [0.3, 0.4) is 0 Å². The van der Waals surface area contributed by atoms with Crippen molar-refractivity contribution in [3.63, 3.8) is 0 Å². The first-order chi connectivity index (χ1) is 15.7. The summed E-state index contributed by atoms with van der Waals surface area (Å²) in [5, 5.41) is 30.8. The molecule has 1 atom stereocenters. The van der Waals surface area contributed by atoms with Gasteiger partial charge < -0.3 is 10.1 Å². The van der Waals surface area contributed by atoms with Crippen LogP contribution in [0.4, 0.5) is 13.2 Å². The number of nitriles is 2. The lowest BCUT2D eigenvalue weighted by molar-refractivity contribution is -0.192. The van der Waals surface area contributed by atoms with Crippen molar-refractivity contribution >= 4 is 17.0 Å². The number of hydrogen-bond donors (Lipinski definition) is 2. The molecule has 3 heterocycles. The molecule has 0 saturated heterocycles. The molecule has 0 spiro atoms. The molecule has 33 heavy (non-hydrogen) atoms. The molecule has 166 valence electrons. The average molecular weight is 453 g/mol. The van der Waals surface area contributed by atoms with Crippen LogP contribution in [0.2, 0.25) is 0 Å². The third-order valence-electron chi connectivity index (χ3n) is 4.48. The fraction of sp³-hybridized carbons (Fsp3) is 0.143. The van der Waals surface area contributed by atoms with Gasteiger partial charge in [-0.15, -0.1) is 0 Å². The van der Waals surface area contributed by atoms with E-state index in [1.807, 2.05) is 30.6 Å². The highest BCUT2D eigenvalue weighted by Crippen LogP contribution is 2.28. The summed E-state index contributed by atoms with van der Waals surface area (Å²) in [6.45, 7) is 0. The smallest absolute Gasteiger partial charge is 0.475 e. The van der Waals surface area contributed by atoms with Gasteiger partial charge in [0.05, 0.1) is 42.1 Å². The quantitative estimate of drug-likeness (QED) is 0.478. The van der Waals surface area contributed by atoms with Crippen molar-refractivity contribution in [2.45, 2.75) is 18.6 Å². The summed E-state index contributed by atoms with van der Waals surface area (Å²) in [6.07, 6.45) is 2.09. The topological polar surface area (TPSA) is 144 Å². The van der Waals surface area contributed by atoms with E-state index >= 15 is 0 Å². The van der Waals surface area contributed by atoms with Crippen LogP contribution < -0.4 is 0 Å². The summed E-state index contributed by atoms with van der Waals surface area (Å²) in [6, 6.07) is 13.2. The van der Waals surface area contributed by atoms with Gasteiger partial charge >= 0.3 is 12.1 Å². The molecule has 0 saturated carbocycles. The molecular formula is C21H14F3N7O2. The van der Waals surface area contributed by atoms with Crippen LogP contribution in [0.1, 0.15) is 23.6 Å². The molecule has 0 aliphatic rings. The molecule has 0 aliphatic carbocycles. The first-order valence-electron chi connectivity index (χ1n) is 9.24. The number of aromatic amines is 1. The number of carbonyl (C=O) groups is 1. The third kappa shape index (κ3) is 5.32. The van der Waals surface area contributed by atoms with Crippen molar-refractivity contribution < 1.29 is 23.1 Å². The molecule has 0 radical (unpaired) electrons. The third-order valence-corrected chi connectivity index (χ3v) is 4.48. The minimum atomic E-state index is -5.08. The first kappa shape index (κ1) is 23.0. The van der Waals surface area contributed by atoms with Gasteiger partial charge in [-0.05, 0) is 23.8 Å².